The van der Waals surface area contributed by atoms with E-state index in [2.05, 4.69) is 12.3 Å². The van der Waals surface area contributed by atoms with Crippen molar-refractivity contribution in [2.45, 2.75) is 72.4 Å². The third kappa shape index (κ3) is 4.73. The second-order valence-corrected chi connectivity index (χ2v) is 7.37. The topological polar surface area (TPSA) is 29.5 Å². The Morgan fingerprint density at radius 2 is 2.00 bits per heavy atom. The first-order valence-corrected chi connectivity index (χ1v) is 8.67. The molecule has 1 amide bonds. The highest BCUT2D eigenvalue weighted by molar-refractivity contribution is 7.10. The van der Waals surface area contributed by atoms with Crippen LogP contribution in [0.25, 0.3) is 0 Å². The number of thiophene rings is 1. The molecule has 4 heteroatoms. The van der Waals surface area contributed by atoms with Crippen LogP contribution in [0.15, 0.2) is 5.38 Å². The lowest BCUT2D eigenvalue weighted by atomic mass is 9.89. The fourth-order valence-corrected chi connectivity index (χ4v) is 3.42. The van der Waals surface area contributed by atoms with Gasteiger partial charge in [0.1, 0.15) is 5.60 Å². The largest absolute Gasteiger partial charge is 0.444 e. The van der Waals surface area contributed by atoms with Crippen LogP contribution in [0.4, 0.5) is 4.79 Å². The number of likely N-dealkylation sites (N-methyl/N-ethyl adjacent to an activating group) is 1. The van der Waals surface area contributed by atoms with Crippen molar-refractivity contribution < 1.29 is 9.53 Å². The third-order valence-corrected chi connectivity index (χ3v) is 4.61. The minimum atomic E-state index is -0.427. The SMILES string of the molecule is CC.Cc1scc2c1CC(N(C)C(=O)OC(C)(C)C)CC2. The molecule has 0 saturated heterocycles. The Hall–Kier alpha value is -1.03. The second-order valence-electron chi connectivity index (χ2n) is 6.28. The molecule has 1 atom stereocenters. The van der Waals surface area contributed by atoms with E-state index in [9.17, 15) is 4.79 Å². The van der Waals surface area contributed by atoms with Crippen LogP contribution in [0.2, 0.25) is 0 Å². The van der Waals surface area contributed by atoms with Gasteiger partial charge in [-0.1, -0.05) is 13.8 Å². The van der Waals surface area contributed by atoms with Crippen molar-refractivity contribution in [3.8, 4) is 0 Å². The van der Waals surface area contributed by atoms with Gasteiger partial charge in [0.25, 0.3) is 0 Å². The number of carbonyl (C=O) groups is 1. The monoisotopic (exact) mass is 311 g/mol. The average Bonchev–Trinajstić information content (AvgIpc) is 2.79. The van der Waals surface area contributed by atoms with Gasteiger partial charge in [-0.3, -0.25) is 0 Å². The van der Waals surface area contributed by atoms with Crippen molar-refractivity contribution in [3.05, 3.63) is 21.4 Å². The molecule has 1 aromatic heterocycles. The van der Waals surface area contributed by atoms with Gasteiger partial charge in [0, 0.05) is 18.0 Å². The molecule has 0 N–H and O–H groups in total. The Labute approximate surface area is 133 Å². The summed E-state index contributed by atoms with van der Waals surface area (Å²) in [6.07, 6.45) is 2.84. The number of amides is 1. The standard InChI is InChI=1S/C15H23NO2S.C2H6/c1-10-13-8-12(7-6-11(13)9-19-10)16(5)14(17)18-15(2,3)4;1-2/h9,12H,6-8H2,1-5H3;1-2H3. The van der Waals surface area contributed by atoms with Gasteiger partial charge in [-0.05, 0) is 63.5 Å². The van der Waals surface area contributed by atoms with Gasteiger partial charge in [0.2, 0.25) is 0 Å². The summed E-state index contributed by atoms with van der Waals surface area (Å²) in [5, 5.41) is 2.26. The Morgan fingerprint density at radius 1 is 1.38 bits per heavy atom. The van der Waals surface area contributed by atoms with E-state index in [0.29, 0.717) is 0 Å². The minimum Gasteiger partial charge on any atom is -0.444 e. The second kappa shape index (κ2) is 7.30. The van der Waals surface area contributed by atoms with Crippen LogP contribution in [0.1, 0.15) is 57.0 Å². The van der Waals surface area contributed by atoms with E-state index in [1.807, 2.05) is 53.0 Å². The Kier molecular flexibility index (Phi) is 6.26. The van der Waals surface area contributed by atoms with Crippen LogP contribution >= 0.6 is 11.3 Å². The van der Waals surface area contributed by atoms with Crippen LogP contribution < -0.4 is 0 Å². The molecular weight excluding hydrogens is 282 g/mol. The van der Waals surface area contributed by atoms with E-state index in [1.54, 1.807) is 4.90 Å². The summed E-state index contributed by atoms with van der Waals surface area (Å²) in [7, 11) is 1.85. The number of carbonyl (C=O) groups excluding carboxylic acids is 1. The zero-order valence-electron chi connectivity index (χ0n) is 14.4. The number of rotatable bonds is 1. The molecule has 1 aliphatic rings. The molecular formula is C17H29NO2S. The van der Waals surface area contributed by atoms with Gasteiger partial charge in [-0.15, -0.1) is 11.3 Å². The van der Waals surface area contributed by atoms with E-state index >= 15 is 0 Å². The molecule has 120 valence electrons. The molecule has 3 nitrogen and oxygen atoms in total. The number of ether oxygens (including phenoxy) is 1. The van der Waals surface area contributed by atoms with Gasteiger partial charge in [0.15, 0.2) is 0 Å². The van der Waals surface area contributed by atoms with Crippen LogP contribution in [-0.4, -0.2) is 29.7 Å². The smallest absolute Gasteiger partial charge is 0.410 e. The first kappa shape index (κ1) is 18.0. The number of nitrogens with zero attached hydrogens (tertiary/aromatic N) is 1. The molecule has 2 rings (SSSR count). The first-order chi connectivity index (χ1) is 9.78. The Balaban J connectivity index is 0.00000106. The normalized spacial score (nSPS) is 17.4. The zero-order valence-corrected chi connectivity index (χ0v) is 15.3. The van der Waals surface area contributed by atoms with Gasteiger partial charge in [-0.25, -0.2) is 4.79 Å². The molecule has 0 bridgehead atoms. The van der Waals surface area contributed by atoms with Gasteiger partial charge in [-0.2, -0.15) is 0 Å². The molecule has 1 heterocycles. The summed E-state index contributed by atoms with van der Waals surface area (Å²) in [6.45, 7) is 11.9. The van der Waals surface area contributed by atoms with Crippen LogP contribution in [0.5, 0.6) is 0 Å². The van der Waals surface area contributed by atoms with E-state index in [0.717, 1.165) is 19.3 Å². The Morgan fingerprint density at radius 3 is 2.57 bits per heavy atom. The summed E-state index contributed by atoms with van der Waals surface area (Å²) < 4.78 is 5.44. The lowest BCUT2D eigenvalue weighted by molar-refractivity contribution is 0.0210. The van der Waals surface area contributed by atoms with Crippen molar-refractivity contribution in [2.24, 2.45) is 0 Å². The zero-order chi connectivity index (χ0) is 16.2. The number of hydrogen-bond donors (Lipinski definition) is 0. The number of aryl methyl sites for hydroxylation is 2. The van der Waals surface area contributed by atoms with E-state index < -0.39 is 5.60 Å². The molecule has 0 aromatic carbocycles. The Bertz CT molecular complexity index is 474. The predicted octanol–water partition coefficient (Wildman–Crippen LogP) is 4.81. The van der Waals surface area contributed by atoms with E-state index in [1.165, 1.54) is 16.0 Å². The quantitative estimate of drug-likeness (QED) is 0.745. The summed E-state index contributed by atoms with van der Waals surface area (Å²) in [5.41, 5.74) is 2.48. The maximum absolute atomic E-state index is 12.1. The fraction of sp³-hybridized carbons (Fsp3) is 0.706. The molecule has 1 unspecified atom stereocenters. The molecule has 0 fully saturated rings. The van der Waals surface area contributed by atoms with Crippen LogP contribution in [0, 0.1) is 6.92 Å². The highest BCUT2D eigenvalue weighted by Crippen LogP contribution is 2.31. The average molecular weight is 311 g/mol. The predicted molar refractivity (Wildman–Crippen MR) is 90.2 cm³/mol. The molecule has 1 aromatic rings. The number of hydrogen-bond acceptors (Lipinski definition) is 3. The molecule has 0 radical (unpaired) electrons. The lowest BCUT2D eigenvalue weighted by Gasteiger charge is -2.33. The number of fused-ring (bicyclic) bond motifs is 1. The van der Waals surface area contributed by atoms with Crippen LogP contribution in [-0.2, 0) is 17.6 Å². The lowest BCUT2D eigenvalue weighted by Crippen LogP contribution is -2.43. The highest BCUT2D eigenvalue weighted by atomic mass is 32.1. The maximum atomic E-state index is 12.1. The van der Waals surface area contributed by atoms with E-state index in [4.69, 9.17) is 4.74 Å². The van der Waals surface area contributed by atoms with Crippen molar-refractivity contribution in [1.82, 2.24) is 4.90 Å². The van der Waals surface area contributed by atoms with Gasteiger partial charge >= 0.3 is 6.09 Å². The van der Waals surface area contributed by atoms with Crippen molar-refractivity contribution in [3.63, 3.8) is 0 Å². The molecule has 21 heavy (non-hydrogen) atoms. The van der Waals surface area contributed by atoms with E-state index in [-0.39, 0.29) is 12.1 Å². The first-order valence-electron chi connectivity index (χ1n) is 7.79. The summed E-state index contributed by atoms with van der Waals surface area (Å²) in [6, 6.07) is 0.260. The molecule has 0 spiro atoms. The maximum Gasteiger partial charge on any atom is 0.410 e. The minimum absolute atomic E-state index is 0.214. The molecule has 0 saturated carbocycles. The van der Waals surface area contributed by atoms with Gasteiger partial charge < -0.3 is 9.64 Å². The summed E-state index contributed by atoms with van der Waals surface area (Å²) >= 11 is 1.82. The molecule has 1 aliphatic carbocycles. The van der Waals surface area contributed by atoms with Crippen LogP contribution in [0.3, 0.4) is 0 Å². The van der Waals surface area contributed by atoms with Crippen molar-refractivity contribution in [2.75, 3.05) is 7.05 Å². The highest BCUT2D eigenvalue weighted by Gasteiger charge is 2.29. The summed E-state index contributed by atoms with van der Waals surface area (Å²) in [4.78, 5) is 15.3. The molecule has 0 aliphatic heterocycles. The van der Waals surface area contributed by atoms with Crippen molar-refractivity contribution in [1.29, 1.82) is 0 Å². The third-order valence-electron chi connectivity index (χ3n) is 3.61. The summed E-state index contributed by atoms with van der Waals surface area (Å²) in [5.74, 6) is 0. The van der Waals surface area contributed by atoms with Crippen molar-refractivity contribution >= 4 is 17.4 Å². The fourth-order valence-electron chi connectivity index (χ4n) is 2.49. The van der Waals surface area contributed by atoms with Gasteiger partial charge in [0.05, 0.1) is 0 Å².